The van der Waals surface area contributed by atoms with Crippen molar-refractivity contribution in [1.29, 1.82) is 0 Å². The fraction of sp³-hybridized carbons (Fsp3) is 0.100. The van der Waals surface area contributed by atoms with Crippen LogP contribution in [0.15, 0.2) is 29.1 Å². The maximum atomic E-state index is 5.31. The maximum Gasteiger partial charge on any atom is 0.241 e. The first-order valence-electron chi connectivity index (χ1n) is 5.31. The van der Waals surface area contributed by atoms with Crippen LogP contribution in [0, 0.1) is 0 Å². The number of imidazole rings is 1. The molecule has 3 rings (SSSR count). The summed E-state index contributed by atoms with van der Waals surface area (Å²) in [6, 6.07) is 3.70. The van der Waals surface area contributed by atoms with Crippen LogP contribution in [-0.4, -0.2) is 19.9 Å². The van der Waals surface area contributed by atoms with E-state index in [0.717, 1.165) is 11.3 Å². The normalized spacial score (nSPS) is 10.7. The summed E-state index contributed by atoms with van der Waals surface area (Å²) in [6.07, 6.45) is 3.17. The van der Waals surface area contributed by atoms with E-state index in [9.17, 15) is 0 Å². The minimum Gasteiger partial charge on any atom is -0.467 e. The van der Waals surface area contributed by atoms with E-state index in [0.29, 0.717) is 24.0 Å². The van der Waals surface area contributed by atoms with Crippen molar-refractivity contribution >= 4 is 22.9 Å². The summed E-state index contributed by atoms with van der Waals surface area (Å²) < 4.78 is 5.23. The average molecular weight is 245 g/mol. The summed E-state index contributed by atoms with van der Waals surface area (Å²) in [7, 11) is 0. The molecule has 0 aromatic carbocycles. The largest absolute Gasteiger partial charge is 0.467 e. The van der Waals surface area contributed by atoms with Crippen molar-refractivity contribution < 1.29 is 4.42 Å². The molecule has 18 heavy (non-hydrogen) atoms. The topological polar surface area (TPSA) is 118 Å². The summed E-state index contributed by atoms with van der Waals surface area (Å²) in [5.41, 5.74) is 3.67. The van der Waals surface area contributed by atoms with Gasteiger partial charge in [0, 0.05) is 0 Å². The van der Waals surface area contributed by atoms with Crippen molar-refractivity contribution in [1.82, 2.24) is 19.9 Å². The zero-order chi connectivity index (χ0) is 12.4. The van der Waals surface area contributed by atoms with Crippen molar-refractivity contribution in [3.8, 4) is 0 Å². The van der Waals surface area contributed by atoms with E-state index in [4.69, 9.17) is 10.3 Å². The highest BCUT2D eigenvalue weighted by Gasteiger charge is 2.09. The van der Waals surface area contributed by atoms with Crippen LogP contribution in [0.4, 0.5) is 11.8 Å². The van der Waals surface area contributed by atoms with E-state index >= 15 is 0 Å². The van der Waals surface area contributed by atoms with Crippen molar-refractivity contribution in [2.45, 2.75) is 6.54 Å². The van der Waals surface area contributed by atoms with Crippen molar-refractivity contribution in [2.24, 2.45) is 5.84 Å². The Morgan fingerprint density at radius 1 is 1.39 bits per heavy atom. The van der Waals surface area contributed by atoms with Crippen LogP contribution in [0.1, 0.15) is 5.76 Å². The summed E-state index contributed by atoms with van der Waals surface area (Å²) in [5.74, 6) is 7.03. The minimum absolute atomic E-state index is 0.302. The Bertz CT molecular complexity index is 645. The molecule has 3 heterocycles. The Morgan fingerprint density at radius 3 is 3.11 bits per heavy atom. The van der Waals surface area contributed by atoms with Gasteiger partial charge >= 0.3 is 0 Å². The zero-order valence-corrected chi connectivity index (χ0v) is 9.34. The number of nitrogens with two attached hydrogens (primary N) is 1. The van der Waals surface area contributed by atoms with Crippen molar-refractivity contribution in [3.63, 3.8) is 0 Å². The summed E-state index contributed by atoms with van der Waals surface area (Å²) >= 11 is 0. The van der Waals surface area contributed by atoms with Gasteiger partial charge < -0.3 is 14.7 Å². The SMILES string of the molecule is NNc1nc(NCc2ccco2)c2[nH]cnc2n1. The molecule has 0 radical (unpaired) electrons. The van der Waals surface area contributed by atoms with Gasteiger partial charge in [0.05, 0.1) is 19.1 Å². The first-order chi connectivity index (χ1) is 8.86. The lowest BCUT2D eigenvalue weighted by atomic mass is 10.4. The van der Waals surface area contributed by atoms with Gasteiger partial charge in [0.1, 0.15) is 11.3 Å². The molecule has 0 unspecified atom stereocenters. The van der Waals surface area contributed by atoms with Gasteiger partial charge in [0.15, 0.2) is 11.5 Å². The van der Waals surface area contributed by atoms with Gasteiger partial charge in [0.25, 0.3) is 0 Å². The van der Waals surface area contributed by atoms with Crippen LogP contribution in [0.25, 0.3) is 11.2 Å². The molecule has 0 saturated heterocycles. The van der Waals surface area contributed by atoms with Gasteiger partial charge in [-0.2, -0.15) is 9.97 Å². The number of aromatic amines is 1. The van der Waals surface area contributed by atoms with Gasteiger partial charge in [-0.1, -0.05) is 0 Å². The predicted molar refractivity (Wildman–Crippen MR) is 65.5 cm³/mol. The van der Waals surface area contributed by atoms with Crippen molar-refractivity contribution in [2.75, 3.05) is 10.7 Å². The molecule has 0 saturated carbocycles. The van der Waals surface area contributed by atoms with Crippen LogP contribution >= 0.6 is 0 Å². The first kappa shape index (κ1) is 10.5. The highest BCUT2D eigenvalue weighted by molar-refractivity contribution is 5.83. The molecule has 5 N–H and O–H groups in total. The van der Waals surface area contributed by atoms with Gasteiger partial charge in [-0.15, -0.1) is 0 Å². The quantitative estimate of drug-likeness (QED) is 0.397. The third kappa shape index (κ3) is 1.84. The molecule has 0 aliphatic rings. The second-order valence-corrected chi connectivity index (χ2v) is 3.57. The average Bonchev–Trinajstić information content (AvgIpc) is 3.06. The lowest BCUT2D eigenvalue weighted by Gasteiger charge is -2.06. The minimum atomic E-state index is 0.302. The van der Waals surface area contributed by atoms with Gasteiger partial charge in [-0.25, -0.2) is 10.8 Å². The van der Waals surface area contributed by atoms with Gasteiger partial charge in [-0.05, 0) is 12.1 Å². The third-order valence-electron chi connectivity index (χ3n) is 2.42. The smallest absolute Gasteiger partial charge is 0.241 e. The van der Waals surface area contributed by atoms with Crippen LogP contribution in [0.3, 0.4) is 0 Å². The molecule has 8 nitrogen and oxygen atoms in total. The molecule has 0 fully saturated rings. The molecule has 0 aliphatic heterocycles. The molecular weight excluding hydrogens is 234 g/mol. The number of hydrogen-bond acceptors (Lipinski definition) is 7. The Morgan fingerprint density at radius 2 is 2.33 bits per heavy atom. The highest BCUT2D eigenvalue weighted by Crippen LogP contribution is 2.18. The lowest BCUT2D eigenvalue weighted by molar-refractivity contribution is 0.518. The summed E-state index contributed by atoms with van der Waals surface area (Å²) in [6.45, 7) is 0.516. The van der Waals surface area contributed by atoms with E-state index in [1.807, 2.05) is 12.1 Å². The van der Waals surface area contributed by atoms with Gasteiger partial charge in [0.2, 0.25) is 5.95 Å². The van der Waals surface area contributed by atoms with E-state index < -0.39 is 0 Å². The lowest BCUT2D eigenvalue weighted by Crippen LogP contribution is -2.12. The summed E-state index contributed by atoms with van der Waals surface area (Å²) in [5, 5.41) is 3.14. The van der Waals surface area contributed by atoms with E-state index in [1.165, 1.54) is 0 Å². The zero-order valence-electron chi connectivity index (χ0n) is 9.34. The Kier molecular flexibility index (Phi) is 2.54. The van der Waals surface area contributed by atoms with Crippen molar-refractivity contribution in [3.05, 3.63) is 30.5 Å². The van der Waals surface area contributed by atoms with Gasteiger partial charge in [-0.3, -0.25) is 5.43 Å². The van der Waals surface area contributed by atoms with Crippen LogP contribution < -0.4 is 16.6 Å². The number of furan rings is 1. The number of aromatic nitrogens is 4. The second-order valence-electron chi connectivity index (χ2n) is 3.57. The van der Waals surface area contributed by atoms with E-state index in [-0.39, 0.29) is 0 Å². The van der Waals surface area contributed by atoms with Crippen LogP contribution in [0.2, 0.25) is 0 Å². The number of hydrazine groups is 1. The number of hydrogen-bond donors (Lipinski definition) is 4. The molecule has 0 aliphatic carbocycles. The molecule has 8 heteroatoms. The number of H-pyrrole nitrogens is 1. The standard InChI is InChI=1S/C10H11N7O/c11-17-10-15-8(7-9(16-10)14-5-13-7)12-4-6-2-1-3-18-6/h1-3,5H,4,11H2,(H3,12,13,14,15,16,17). The van der Waals surface area contributed by atoms with Crippen LogP contribution in [-0.2, 0) is 6.54 Å². The third-order valence-corrected chi connectivity index (χ3v) is 2.42. The highest BCUT2D eigenvalue weighted by atomic mass is 16.3. The number of nitrogens with zero attached hydrogens (tertiary/aromatic N) is 3. The Labute approximate surface area is 102 Å². The molecule has 92 valence electrons. The van der Waals surface area contributed by atoms with Crippen LogP contribution in [0.5, 0.6) is 0 Å². The fourth-order valence-electron chi connectivity index (χ4n) is 1.61. The molecule has 3 aromatic rings. The monoisotopic (exact) mass is 245 g/mol. The Hall–Kier alpha value is -2.61. The number of nitrogen functional groups attached to an aromatic ring is 1. The van der Waals surface area contributed by atoms with E-state index in [2.05, 4.69) is 30.7 Å². The molecule has 0 bridgehead atoms. The van der Waals surface area contributed by atoms with E-state index in [1.54, 1.807) is 12.6 Å². The molecule has 3 aromatic heterocycles. The number of fused-ring (bicyclic) bond motifs is 1. The fourth-order valence-corrected chi connectivity index (χ4v) is 1.61. The number of nitrogens with one attached hydrogen (secondary N) is 3. The second kappa shape index (κ2) is 4.34. The molecule has 0 atom stereocenters. The number of rotatable bonds is 4. The molecule has 0 spiro atoms. The summed E-state index contributed by atoms with van der Waals surface area (Å²) in [4.78, 5) is 15.4. The molecule has 0 amide bonds. The predicted octanol–water partition coefficient (Wildman–Crippen LogP) is 0.844. The number of anilines is 2. The Balaban J connectivity index is 1.92. The molecular formula is C10H11N7O. The first-order valence-corrected chi connectivity index (χ1v) is 5.31. The maximum absolute atomic E-state index is 5.31.